The fraction of sp³-hybridized carbons (Fsp3) is 0.440. The number of aromatic nitrogens is 2. The number of benzene rings is 2. The normalized spacial score (nSPS) is 11.8. The van der Waals surface area contributed by atoms with E-state index in [0.29, 0.717) is 29.1 Å². The van der Waals surface area contributed by atoms with Crippen LogP contribution < -0.4 is 9.47 Å². The van der Waals surface area contributed by atoms with Crippen LogP contribution in [0.4, 0.5) is 0 Å². The molecule has 172 valence electrons. The van der Waals surface area contributed by atoms with E-state index in [9.17, 15) is 0 Å². The van der Waals surface area contributed by atoms with Gasteiger partial charge in [0, 0.05) is 30.2 Å². The van der Waals surface area contributed by atoms with Crippen LogP contribution in [0.25, 0.3) is 11.4 Å². The van der Waals surface area contributed by atoms with Gasteiger partial charge >= 0.3 is 0 Å². The fourth-order valence-corrected chi connectivity index (χ4v) is 3.95. The third kappa shape index (κ3) is 6.06. The van der Waals surface area contributed by atoms with Gasteiger partial charge in [0.25, 0.3) is 5.19 Å². The summed E-state index contributed by atoms with van der Waals surface area (Å²) in [4.78, 5) is 6.68. The molecule has 0 aliphatic carbocycles. The second kappa shape index (κ2) is 10.4. The van der Waals surface area contributed by atoms with Crippen LogP contribution in [-0.2, 0) is 11.8 Å². The Kier molecular flexibility index (Phi) is 7.87. The summed E-state index contributed by atoms with van der Waals surface area (Å²) in [5.41, 5.74) is 4.67. The predicted octanol–water partition coefficient (Wildman–Crippen LogP) is 5.08. The molecule has 0 saturated heterocycles. The minimum absolute atomic E-state index is 0.108. The fourth-order valence-electron chi connectivity index (χ4n) is 3.39. The highest BCUT2D eigenvalue weighted by Crippen LogP contribution is 2.36. The molecule has 2 aromatic carbocycles. The number of aliphatic hydroxyl groups is 1. The highest BCUT2D eigenvalue weighted by atomic mass is 32.1. The number of nitrogens with zero attached hydrogens (tertiary/aromatic N) is 3. The van der Waals surface area contributed by atoms with Crippen molar-refractivity contribution in [2.24, 2.45) is 0 Å². The number of ether oxygens (including phenoxy) is 2. The number of hydrogen-bond acceptors (Lipinski definition) is 7. The SMILES string of the molecule is COc1cc(CCN(C)CCO)c(C)cc1Oc1nc(-c2ccc(C(C)(C)C)cc2)ns1. The molecule has 0 fully saturated rings. The molecule has 0 radical (unpaired) electrons. The molecule has 0 aliphatic rings. The summed E-state index contributed by atoms with van der Waals surface area (Å²) in [5.74, 6) is 1.95. The standard InChI is InChI=1S/C25H33N3O3S/c1-17-15-22(21(30-6)16-19(17)11-12-28(5)13-14-29)31-24-26-23(27-32-24)18-7-9-20(10-8-18)25(2,3)4/h7-10,15-16,29H,11-14H2,1-6H3. The van der Waals surface area contributed by atoms with Gasteiger partial charge in [-0.15, -0.1) is 0 Å². The van der Waals surface area contributed by atoms with Gasteiger partial charge in [-0.2, -0.15) is 9.36 Å². The number of likely N-dealkylation sites (N-methyl/N-ethyl adjacent to an activating group) is 1. The first-order chi connectivity index (χ1) is 15.2. The molecule has 7 heteroatoms. The number of methoxy groups -OCH3 is 1. The van der Waals surface area contributed by atoms with Crippen LogP contribution >= 0.6 is 11.5 Å². The van der Waals surface area contributed by atoms with E-state index in [-0.39, 0.29) is 12.0 Å². The van der Waals surface area contributed by atoms with Crippen molar-refractivity contribution in [2.45, 2.75) is 39.5 Å². The largest absolute Gasteiger partial charge is 0.493 e. The Hall–Kier alpha value is -2.48. The quantitative estimate of drug-likeness (QED) is 0.485. The van der Waals surface area contributed by atoms with Crippen LogP contribution in [0.1, 0.15) is 37.5 Å². The molecule has 0 bridgehead atoms. The monoisotopic (exact) mass is 455 g/mol. The molecular formula is C25H33N3O3S. The van der Waals surface area contributed by atoms with Gasteiger partial charge in [0.2, 0.25) is 0 Å². The number of rotatable bonds is 9. The maximum absolute atomic E-state index is 9.08. The Balaban J connectivity index is 1.75. The van der Waals surface area contributed by atoms with Gasteiger partial charge in [-0.1, -0.05) is 45.0 Å². The first kappa shape index (κ1) is 24.2. The number of aliphatic hydroxyl groups excluding tert-OH is 1. The minimum atomic E-state index is 0.108. The van der Waals surface area contributed by atoms with Gasteiger partial charge in [0.15, 0.2) is 17.3 Å². The molecule has 3 aromatic rings. The van der Waals surface area contributed by atoms with E-state index in [1.54, 1.807) is 7.11 Å². The summed E-state index contributed by atoms with van der Waals surface area (Å²) in [5, 5.41) is 9.56. The first-order valence-electron chi connectivity index (χ1n) is 10.8. The maximum Gasteiger partial charge on any atom is 0.299 e. The average Bonchev–Trinajstić information content (AvgIpc) is 3.21. The van der Waals surface area contributed by atoms with Crippen LogP contribution in [0.15, 0.2) is 36.4 Å². The summed E-state index contributed by atoms with van der Waals surface area (Å²) < 4.78 is 16.1. The van der Waals surface area contributed by atoms with Crippen molar-refractivity contribution in [1.29, 1.82) is 0 Å². The average molecular weight is 456 g/mol. The molecule has 1 aromatic heterocycles. The van der Waals surface area contributed by atoms with E-state index < -0.39 is 0 Å². The van der Waals surface area contributed by atoms with Crippen LogP contribution in [0.3, 0.4) is 0 Å². The summed E-state index contributed by atoms with van der Waals surface area (Å²) in [7, 11) is 3.64. The number of aryl methyl sites for hydroxylation is 1. The molecule has 1 N–H and O–H groups in total. The molecule has 32 heavy (non-hydrogen) atoms. The molecule has 0 saturated carbocycles. The Labute approximate surface area is 195 Å². The van der Waals surface area contributed by atoms with E-state index in [2.05, 4.69) is 66.2 Å². The lowest BCUT2D eigenvalue weighted by atomic mass is 9.87. The smallest absolute Gasteiger partial charge is 0.299 e. The Morgan fingerprint density at radius 2 is 1.78 bits per heavy atom. The van der Waals surface area contributed by atoms with Crippen LogP contribution in [0.5, 0.6) is 16.7 Å². The predicted molar refractivity (Wildman–Crippen MR) is 130 cm³/mol. The zero-order valence-corrected chi connectivity index (χ0v) is 20.6. The van der Waals surface area contributed by atoms with Gasteiger partial charge in [0.1, 0.15) is 0 Å². The highest BCUT2D eigenvalue weighted by molar-refractivity contribution is 7.07. The second-order valence-electron chi connectivity index (χ2n) is 9.02. The topological polar surface area (TPSA) is 67.7 Å². The van der Waals surface area contributed by atoms with E-state index in [1.807, 2.05) is 19.2 Å². The maximum atomic E-state index is 9.08. The van der Waals surface area contributed by atoms with Gasteiger partial charge in [0.05, 0.1) is 13.7 Å². The van der Waals surface area contributed by atoms with Crippen molar-refractivity contribution in [3.63, 3.8) is 0 Å². The summed E-state index contributed by atoms with van der Waals surface area (Å²) in [6.07, 6.45) is 0.868. The Bertz CT molecular complexity index is 1030. The molecule has 0 amide bonds. The van der Waals surface area contributed by atoms with Crippen molar-refractivity contribution in [2.75, 3.05) is 33.9 Å². The first-order valence-corrected chi connectivity index (χ1v) is 11.6. The number of hydrogen-bond donors (Lipinski definition) is 1. The van der Waals surface area contributed by atoms with Crippen LogP contribution in [-0.4, -0.2) is 53.2 Å². The van der Waals surface area contributed by atoms with Crippen molar-refractivity contribution in [3.05, 3.63) is 53.1 Å². The lowest BCUT2D eigenvalue weighted by molar-refractivity contribution is 0.223. The Morgan fingerprint density at radius 3 is 2.41 bits per heavy atom. The van der Waals surface area contributed by atoms with Crippen molar-refractivity contribution in [1.82, 2.24) is 14.3 Å². The van der Waals surface area contributed by atoms with Gasteiger partial charge in [-0.25, -0.2) is 0 Å². The Morgan fingerprint density at radius 1 is 1.06 bits per heavy atom. The molecular weight excluding hydrogens is 422 g/mol. The summed E-state index contributed by atoms with van der Waals surface area (Å²) in [6, 6.07) is 12.4. The zero-order valence-electron chi connectivity index (χ0n) is 19.8. The molecule has 1 heterocycles. The highest BCUT2D eigenvalue weighted by Gasteiger charge is 2.16. The van der Waals surface area contributed by atoms with Crippen molar-refractivity contribution < 1.29 is 14.6 Å². The van der Waals surface area contributed by atoms with Gasteiger partial charge in [-0.05, 0) is 54.6 Å². The lowest BCUT2D eigenvalue weighted by Crippen LogP contribution is -2.24. The van der Waals surface area contributed by atoms with Crippen LogP contribution in [0.2, 0.25) is 0 Å². The molecule has 0 atom stereocenters. The minimum Gasteiger partial charge on any atom is -0.493 e. The lowest BCUT2D eigenvalue weighted by Gasteiger charge is -2.18. The third-order valence-electron chi connectivity index (χ3n) is 5.48. The molecule has 0 unspecified atom stereocenters. The van der Waals surface area contributed by atoms with Crippen molar-refractivity contribution >= 4 is 11.5 Å². The van der Waals surface area contributed by atoms with E-state index in [0.717, 1.165) is 24.1 Å². The van der Waals surface area contributed by atoms with E-state index in [1.165, 1.54) is 22.7 Å². The summed E-state index contributed by atoms with van der Waals surface area (Å²) >= 11 is 1.23. The molecule has 3 rings (SSSR count). The molecule has 0 aliphatic heterocycles. The third-order valence-corrected chi connectivity index (χ3v) is 6.08. The van der Waals surface area contributed by atoms with Crippen LogP contribution in [0, 0.1) is 6.92 Å². The summed E-state index contributed by atoms with van der Waals surface area (Å²) in [6.45, 7) is 10.3. The second-order valence-corrected chi connectivity index (χ2v) is 9.73. The van der Waals surface area contributed by atoms with Crippen molar-refractivity contribution in [3.8, 4) is 28.1 Å². The van der Waals surface area contributed by atoms with E-state index in [4.69, 9.17) is 14.6 Å². The van der Waals surface area contributed by atoms with Gasteiger partial charge < -0.3 is 19.5 Å². The van der Waals surface area contributed by atoms with Gasteiger partial charge in [-0.3, -0.25) is 0 Å². The zero-order chi connectivity index (χ0) is 23.3. The van der Waals surface area contributed by atoms with E-state index >= 15 is 0 Å². The molecule has 6 nitrogen and oxygen atoms in total. The molecule has 0 spiro atoms.